The molecule has 0 aliphatic heterocycles. The van der Waals surface area contributed by atoms with Gasteiger partial charge < -0.3 is 14.5 Å². The maximum Gasteiger partial charge on any atom is 0.129 e. The zero-order valence-electron chi connectivity index (χ0n) is 11.6. The molecule has 0 bridgehead atoms. The van der Waals surface area contributed by atoms with Gasteiger partial charge in [0.05, 0.1) is 6.26 Å². The molecule has 2 aromatic rings. The van der Waals surface area contributed by atoms with Gasteiger partial charge in [0.15, 0.2) is 0 Å². The van der Waals surface area contributed by atoms with E-state index in [2.05, 4.69) is 18.3 Å². The average Bonchev–Trinajstić information content (AvgIpc) is 2.95. The van der Waals surface area contributed by atoms with Crippen molar-refractivity contribution >= 4 is 11.6 Å². The Kier molecular flexibility index (Phi) is 6.12. The quantitative estimate of drug-likeness (QED) is 0.741. The molecule has 20 heavy (non-hydrogen) atoms. The van der Waals surface area contributed by atoms with Gasteiger partial charge in [-0.3, -0.25) is 0 Å². The second kappa shape index (κ2) is 8.10. The van der Waals surface area contributed by atoms with Crippen LogP contribution in [0.15, 0.2) is 47.1 Å². The summed E-state index contributed by atoms with van der Waals surface area (Å²) in [5.41, 5.74) is 1.20. The molecule has 1 aromatic carbocycles. The number of furan rings is 1. The van der Waals surface area contributed by atoms with Crippen LogP contribution in [0.1, 0.15) is 30.7 Å². The molecular weight excluding hydrogens is 274 g/mol. The Morgan fingerprint density at radius 1 is 1.30 bits per heavy atom. The third-order valence-electron chi connectivity index (χ3n) is 3.09. The van der Waals surface area contributed by atoms with Crippen molar-refractivity contribution in [2.24, 2.45) is 0 Å². The molecule has 1 N–H and O–H groups in total. The van der Waals surface area contributed by atoms with Gasteiger partial charge in [0.25, 0.3) is 0 Å². The zero-order chi connectivity index (χ0) is 14.2. The van der Waals surface area contributed by atoms with Gasteiger partial charge in [-0.05, 0) is 49.7 Å². The van der Waals surface area contributed by atoms with E-state index in [1.165, 1.54) is 5.56 Å². The van der Waals surface area contributed by atoms with Crippen molar-refractivity contribution in [1.82, 2.24) is 5.32 Å². The molecule has 4 heteroatoms. The van der Waals surface area contributed by atoms with E-state index in [1.807, 2.05) is 30.3 Å². The monoisotopic (exact) mass is 293 g/mol. The van der Waals surface area contributed by atoms with Crippen LogP contribution in [0.5, 0.6) is 0 Å². The smallest absolute Gasteiger partial charge is 0.129 e. The van der Waals surface area contributed by atoms with Crippen molar-refractivity contribution in [2.45, 2.75) is 26.0 Å². The molecule has 2 rings (SSSR count). The fourth-order valence-electron chi connectivity index (χ4n) is 1.95. The standard InChI is InChI=1S/C16H20ClNO2/c1-13(14-5-2-6-15(17)11-14)18-8-4-9-19-12-16-7-3-10-20-16/h2-3,5-7,10-11,13,18H,4,8-9,12H2,1H3. The van der Waals surface area contributed by atoms with E-state index in [0.717, 1.165) is 30.4 Å². The molecule has 1 aromatic heterocycles. The molecule has 0 fully saturated rings. The largest absolute Gasteiger partial charge is 0.467 e. The van der Waals surface area contributed by atoms with Crippen LogP contribution >= 0.6 is 11.6 Å². The summed E-state index contributed by atoms with van der Waals surface area (Å²) in [5, 5.41) is 4.23. The van der Waals surface area contributed by atoms with Crippen molar-refractivity contribution in [3.63, 3.8) is 0 Å². The van der Waals surface area contributed by atoms with Crippen LogP contribution < -0.4 is 5.32 Å². The number of hydrogen-bond donors (Lipinski definition) is 1. The summed E-state index contributed by atoms with van der Waals surface area (Å²) in [5.74, 6) is 0.866. The normalized spacial score (nSPS) is 12.5. The third-order valence-corrected chi connectivity index (χ3v) is 3.32. The van der Waals surface area contributed by atoms with Crippen LogP contribution in [0, 0.1) is 0 Å². The number of ether oxygens (including phenoxy) is 1. The fraction of sp³-hybridized carbons (Fsp3) is 0.375. The molecule has 0 aliphatic carbocycles. The predicted octanol–water partition coefficient (Wildman–Crippen LogP) is 4.19. The average molecular weight is 294 g/mol. The lowest BCUT2D eigenvalue weighted by atomic mass is 10.1. The predicted molar refractivity (Wildman–Crippen MR) is 80.9 cm³/mol. The molecule has 0 saturated carbocycles. The minimum absolute atomic E-state index is 0.291. The van der Waals surface area contributed by atoms with Crippen molar-refractivity contribution in [2.75, 3.05) is 13.2 Å². The van der Waals surface area contributed by atoms with Gasteiger partial charge in [-0.25, -0.2) is 0 Å². The van der Waals surface area contributed by atoms with E-state index >= 15 is 0 Å². The summed E-state index contributed by atoms with van der Waals surface area (Å²) < 4.78 is 10.7. The molecule has 1 heterocycles. The number of hydrogen-bond acceptors (Lipinski definition) is 3. The van der Waals surface area contributed by atoms with Crippen LogP contribution in [0.4, 0.5) is 0 Å². The zero-order valence-corrected chi connectivity index (χ0v) is 12.4. The van der Waals surface area contributed by atoms with Crippen LogP contribution in [0.2, 0.25) is 5.02 Å². The summed E-state index contributed by atoms with van der Waals surface area (Å²) in [6.45, 7) is 4.30. The van der Waals surface area contributed by atoms with E-state index in [0.29, 0.717) is 12.6 Å². The van der Waals surface area contributed by atoms with Gasteiger partial charge in [-0.2, -0.15) is 0 Å². The van der Waals surface area contributed by atoms with Gasteiger partial charge in [0, 0.05) is 17.7 Å². The van der Waals surface area contributed by atoms with E-state index in [4.69, 9.17) is 20.8 Å². The highest BCUT2D eigenvalue weighted by Gasteiger charge is 2.04. The maximum absolute atomic E-state index is 5.98. The number of nitrogens with one attached hydrogen (secondary N) is 1. The topological polar surface area (TPSA) is 34.4 Å². The highest BCUT2D eigenvalue weighted by atomic mass is 35.5. The lowest BCUT2D eigenvalue weighted by molar-refractivity contribution is 0.104. The third kappa shape index (κ3) is 5.00. The molecule has 0 spiro atoms. The first-order valence-corrected chi connectivity index (χ1v) is 7.22. The van der Waals surface area contributed by atoms with Gasteiger partial charge in [0.2, 0.25) is 0 Å². The first-order chi connectivity index (χ1) is 9.75. The minimum atomic E-state index is 0.291. The summed E-state index contributed by atoms with van der Waals surface area (Å²) in [4.78, 5) is 0. The Bertz CT molecular complexity index is 499. The van der Waals surface area contributed by atoms with Gasteiger partial charge in [-0.15, -0.1) is 0 Å². The lowest BCUT2D eigenvalue weighted by Gasteiger charge is -2.14. The number of rotatable bonds is 8. The molecule has 108 valence electrons. The Hall–Kier alpha value is -1.29. The van der Waals surface area contributed by atoms with E-state index in [1.54, 1.807) is 6.26 Å². The summed E-state index contributed by atoms with van der Waals surface area (Å²) in [7, 11) is 0. The number of halogens is 1. The van der Waals surface area contributed by atoms with Crippen LogP contribution in [0.25, 0.3) is 0 Å². The molecule has 0 aliphatic rings. The van der Waals surface area contributed by atoms with Crippen LogP contribution in [0.3, 0.4) is 0 Å². The molecule has 1 unspecified atom stereocenters. The fourth-order valence-corrected chi connectivity index (χ4v) is 2.15. The van der Waals surface area contributed by atoms with Crippen LogP contribution in [-0.4, -0.2) is 13.2 Å². The summed E-state index contributed by atoms with van der Waals surface area (Å²) >= 11 is 5.98. The highest BCUT2D eigenvalue weighted by molar-refractivity contribution is 6.30. The first kappa shape index (κ1) is 15.1. The molecule has 0 radical (unpaired) electrons. The Morgan fingerprint density at radius 3 is 2.95 bits per heavy atom. The highest BCUT2D eigenvalue weighted by Crippen LogP contribution is 2.17. The summed E-state index contributed by atoms with van der Waals surface area (Å²) in [6.07, 6.45) is 2.62. The second-order valence-corrected chi connectivity index (χ2v) is 5.15. The van der Waals surface area contributed by atoms with Crippen LogP contribution in [-0.2, 0) is 11.3 Å². The first-order valence-electron chi connectivity index (χ1n) is 6.84. The maximum atomic E-state index is 5.98. The lowest BCUT2D eigenvalue weighted by Crippen LogP contribution is -2.20. The Labute approximate surface area is 124 Å². The van der Waals surface area contributed by atoms with Crippen molar-refractivity contribution in [3.05, 3.63) is 59.0 Å². The van der Waals surface area contributed by atoms with Gasteiger partial charge in [0.1, 0.15) is 12.4 Å². The van der Waals surface area contributed by atoms with Gasteiger partial charge in [-0.1, -0.05) is 23.7 Å². The second-order valence-electron chi connectivity index (χ2n) is 4.72. The molecule has 0 saturated heterocycles. The summed E-state index contributed by atoms with van der Waals surface area (Å²) in [6, 6.07) is 12.0. The van der Waals surface area contributed by atoms with E-state index in [9.17, 15) is 0 Å². The number of benzene rings is 1. The molecule has 1 atom stereocenters. The molecular formula is C16H20ClNO2. The SMILES string of the molecule is CC(NCCCOCc1ccco1)c1cccc(Cl)c1. The van der Waals surface area contributed by atoms with E-state index < -0.39 is 0 Å². The van der Waals surface area contributed by atoms with E-state index in [-0.39, 0.29) is 0 Å². The van der Waals surface area contributed by atoms with Crippen molar-refractivity contribution in [3.8, 4) is 0 Å². The Balaban J connectivity index is 1.58. The molecule has 3 nitrogen and oxygen atoms in total. The van der Waals surface area contributed by atoms with Gasteiger partial charge >= 0.3 is 0 Å². The van der Waals surface area contributed by atoms with Crippen molar-refractivity contribution < 1.29 is 9.15 Å². The minimum Gasteiger partial charge on any atom is -0.467 e. The molecule has 0 amide bonds. The van der Waals surface area contributed by atoms with Crippen molar-refractivity contribution in [1.29, 1.82) is 0 Å². The Morgan fingerprint density at radius 2 is 2.20 bits per heavy atom.